The second-order valence-electron chi connectivity index (χ2n) is 5.98. The number of nitrogens with one attached hydrogen (secondary N) is 1. The molecular formula is C21H21NO6S. The zero-order valence-corrected chi connectivity index (χ0v) is 16.9. The minimum absolute atomic E-state index is 0.00731. The number of Topliss-reactive ketones (excluding diaryl/α,β-unsaturated/α-hetero) is 1. The molecule has 0 heterocycles. The van der Waals surface area contributed by atoms with Gasteiger partial charge in [0.25, 0.3) is 11.8 Å². The van der Waals surface area contributed by atoms with Crippen LogP contribution >= 0.6 is 11.8 Å². The number of rotatable bonds is 9. The van der Waals surface area contributed by atoms with Gasteiger partial charge in [-0.1, -0.05) is 18.2 Å². The first-order valence-electron chi connectivity index (χ1n) is 8.71. The number of amides is 2. The summed E-state index contributed by atoms with van der Waals surface area (Å²) in [5.74, 6) is -0.847. The van der Waals surface area contributed by atoms with E-state index in [1.54, 1.807) is 48.5 Å². The molecule has 2 amide bonds. The van der Waals surface area contributed by atoms with Gasteiger partial charge in [-0.05, 0) is 37.3 Å². The van der Waals surface area contributed by atoms with Crippen LogP contribution in [0.25, 0.3) is 0 Å². The molecule has 2 rings (SSSR count). The number of imide groups is 1. The van der Waals surface area contributed by atoms with E-state index >= 15 is 0 Å². The fourth-order valence-corrected chi connectivity index (χ4v) is 3.16. The van der Waals surface area contributed by atoms with Crippen LogP contribution in [0.5, 0.6) is 5.75 Å². The van der Waals surface area contributed by atoms with Crippen molar-refractivity contribution < 1.29 is 28.7 Å². The Morgan fingerprint density at radius 3 is 2.38 bits per heavy atom. The van der Waals surface area contributed by atoms with Gasteiger partial charge in [0.15, 0.2) is 12.4 Å². The molecule has 0 fully saturated rings. The third-order valence-corrected chi connectivity index (χ3v) is 4.77. The Morgan fingerprint density at radius 2 is 1.72 bits per heavy atom. The Morgan fingerprint density at radius 1 is 1.00 bits per heavy atom. The van der Waals surface area contributed by atoms with Gasteiger partial charge < -0.3 is 9.47 Å². The van der Waals surface area contributed by atoms with Crippen LogP contribution in [0.2, 0.25) is 0 Å². The minimum Gasteiger partial charge on any atom is -0.496 e. The van der Waals surface area contributed by atoms with Crippen molar-refractivity contribution in [1.29, 1.82) is 0 Å². The summed E-state index contributed by atoms with van der Waals surface area (Å²) in [7, 11) is 1.53. The van der Waals surface area contributed by atoms with E-state index in [1.807, 2.05) is 0 Å². The van der Waals surface area contributed by atoms with Crippen molar-refractivity contribution in [3.63, 3.8) is 0 Å². The maximum Gasteiger partial charge on any atom is 0.316 e. The highest BCUT2D eigenvalue weighted by atomic mass is 32.2. The number of ketones is 1. The molecule has 2 aromatic rings. The molecule has 0 unspecified atom stereocenters. The summed E-state index contributed by atoms with van der Waals surface area (Å²) in [5, 5.41) is 2.16. The second-order valence-corrected chi connectivity index (χ2v) is 6.97. The van der Waals surface area contributed by atoms with Crippen molar-refractivity contribution in [2.24, 2.45) is 0 Å². The zero-order valence-electron chi connectivity index (χ0n) is 16.1. The highest BCUT2D eigenvalue weighted by Crippen LogP contribution is 2.25. The molecule has 1 N–H and O–H groups in total. The zero-order chi connectivity index (χ0) is 21.2. The normalized spacial score (nSPS) is 10.1. The van der Waals surface area contributed by atoms with Gasteiger partial charge in [-0.15, -0.1) is 11.8 Å². The largest absolute Gasteiger partial charge is 0.496 e. The molecule has 29 heavy (non-hydrogen) atoms. The number of thioether (sulfide) groups is 1. The molecule has 8 heteroatoms. The standard InChI is InChI=1S/C21H21NO6S/c1-14(23)16-8-9-18(27-2)17(10-16)12-29-13-20(25)28-11-19(24)22-21(26)15-6-4-3-5-7-15/h3-10H,11-13H2,1-2H3,(H,22,24,26). The number of benzene rings is 2. The first-order chi connectivity index (χ1) is 13.9. The van der Waals surface area contributed by atoms with E-state index in [1.165, 1.54) is 25.8 Å². The molecule has 152 valence electrons. The van der Waals surface area contributed by atoms with E-state index in [0.29, 0.717) is 22.6 Å². The van der Waals surface area contributed by atoms with Gasteiger partial charge in [-0.25, -0.2) is 0 Å². The highest BCUT2D eigenvalue weighted by Gasteiger charge is 2.13. The van der Waals surface area contributed by atoms with Crippen LogP contribution in [0.4, 0.5) is 0 Å². The molecule has 0 bridgehead atoms. The van der Waals surface area contributed by atoms with Crippen molar-refractivity contribution >= 4 is 35.3 Å². The maximum absolute atomic E-state index is 11.9. The Labute approximate surface area is 172 Å². The van der Waals surface area contributed by atoms with Gasteiger partial charge in [-0.3, -0.25) is 24.5 Å². The van der Waals surface area contributed by atoms with Crippen molar-refractivity contribution in [3.05, 3.63) is 65.2 Å². The molecule has 0 aromatic heterocycles. The topological polar surface area (TPSA) is 98.8 Å². The maximum atomic E-state index is 11.9. The number of hydrogen-bond acceptors (Lipinski definition) is 7. The van der Waals surface area contributed by atoms with Gasteiger partial charge in [-0.2, -0.15) is 0 Å². The van der Waals surface area contributed by atoms with Gasteiger partial charge >= 0.3 is 5.97 Å². The molecule has 0 aliphatic carbocycles. The molecule has 0 radical (unpaired) electrons. The minimum atomic E-state index is -0.701. The number of carbonyl (C=O) groups excluding carboxylic acids is 4. The molecule has 0 saturated carbocycles. The average Bonchev–Trinajstić information content (AvgIpc) is 2.72. The van der Waals surface area contributed by atoms with E-state index in [0.717, 1.165) is 5.56 Å². The van der Waals surface area contributed by atoms with Crippen LogP contribution in [0.3, 0.4) is 0 Å². The van der Waals surface area contributed by atoms with Crippen molar-refractivity contribution in [2.75, 3.05) is 19.5 Å². The van der Waals surface area contributed by atoms with Crippen molar-refractivity contribution in [2.45, 2.75) is 12.7 Å². The highest BCUT2D eigenvalue weighted by molar-refractivity contribution is 7.99. The summed E-state index contributed by atoms with van der Waals surface area (Å²) in [6.07, 6.45) is 0. The summed E-state index contributed by atoms with van der Waals surface area (Å²) in [5.41, 5.74) is 1.68. The van der Waals surface area contributed by atoms with Crippen LogP contribution in [-0.4, -0.2) is 43.0 Å². The van der Waals surface area contributed by atoms with E-state index in [2.05, 4.69) is 5.32 Å². The lowest BCUT2D eigenvalue weighted by Gasteiger charge is -2.10. The van der Waals surface area contributed by atoms with E-state index in [4.69, 9.17) is 9.47 Å². The number of carbonyl (C=O) groups is 4. The quantitative estimate of drug-likeness (QED) is 0.496. The predicted molar refractivity (Wildman–Crippen MR) is 109 cm³/mol. The first kappa shape index (κ1) is 22.2. The molecular weight excluding hydrogens is 394 g/mol. The summed E-state index contributed by atoms with van der Waals surface area (Å²) >= 11 is 1.26. The lowest BCUT2D eigenvalue weighted by atomic mass is 10.1. The lowest BCUT2D eigenvalue weighted by molar-refractivity contribution is -0.145. The molecule has 0 spiro atoms. The molecule has 0 atom stereocenters. The van der Waals surface area contributed by atoms with Crippen molar-refractivity contribution in [1.82, 2.24) is 5.32 Å². The smallest absolute Gasteiger partial charge is 0.316 e. The number of hydrogen-bond donors (Lipinski definition) is 1. The van der Waals surface area contributed by atoms with Crippen molar-refractivity contribution in [3.8, 4) is 5.75 Å². The Kier molecular flexibility index (Phi) is 8.42. The Bertz CT molecular complexity index is 897. The van der Waals surface area contributed by atoms with E-state index < -0.39 is 24.4 Å². The Balaban J connectivity index is 1.76. The molecule has 7 nitrogen and oxygen atoms in total. The fourth-order valence-electron chi connectivity index (χ4n) is 2.37. The predicted octanol–water partition coefficient (Wildman–Crippen LogP) is 2.63. The summed E-state index contributed by atoms with van der Waals surface area (Å²) in [6.45, 7) is 0.935. The van der Waals surface area contributed by atoms with E-state index in [9.17, 15) is 19.2 Å². The van der Waals surface area contributed by atoms with Gasteiger partial charge in [0.1, 0.15) is 5.75 Å². The van der Waals surface area contributed by atoms with Crippen LogP contribution in [-0.2, 0) is 20.1 Å². The monoisotopic (exact) mass is 415 g/mol. The molecule has 0 saturated heterocycles. The summed E-state index contributed by atoms with van der Waals surface area (Å²) < 4.78 is 10.2. The fraction of sp³-hybridized carbons (Fsp3) is 0.238. The molecule has 0 aliphatic heterocycles. The van der Waals surface area contributed by atoms with Gasteiger partial charge in [0.05, 0.1) is 12.9 Å². The number of methoxy groups -OCH3 is 1. The number of ether oxygens (including phenoxy) is 2. The average molecular weight is 415 g/mol. The second kappa shape index (κ2) is 11.0. The van der Waals surface area contributed by atoms with Crippen LogP contribution in [0, 0.1) is 0 Å². The summed E-state index contributed by atoms with van der Waals surface area (Å²) in [6, 6.07) is 13.4. The van der Waals surface area contributed by atoms with Crippen LogP contribution in [0.1, 0.15) is 33.2 Å². The van der Waals surface area contributed by atoms with Crippen LogP contribution in [0.15, 0.2) is 48.5 Å². The third kappa shape index (κ3) is 7.08. The first-order valence-corrected chi connectivity index (χ1v) is 9.86. The molecule has 0 aliphatic rings. The van der Waals surface area contributed by atoms with Gasteiger partial charge in [0.2, 0.25) is 0 Å². The number of esters is 1. The summed E-state index contributed by atoms with van der Waals surface area (Å²) in [4.78, 5) is 46.9. The SMILES string of the molecule is COc1ccc(C(C)=O)cc1CSCC(=O)OCC(=O)NC(=O)c1ccccc1. The lowest BCUT2D eigenvalue weighted by Crippen LogP contribution is -2.34. The van der Waals surface area contributed by atoms with Gasteiger partial charge in [0, 0.05) is 22.4 Å². The van der Waals surface area contributed by atoms with E-state index in [-0.39, 0.29) is 11.5 Å². The molecule has 2 aromatic carbocycles. The van der Waals surface area contributed by atoms with Crippen LogP contribution < -0.4 is 10.1 Å². The third-order valence-electron chi connectivity index (χ3n) is 3.82. The Hall–Kier alpha value is -3.13.